The second-order valence-corrected chi connectivity index (χ2v) is 5.14. The maximum atomic E-state index is 4.49. The van der Waals surface area contributed by atoms with Crippen LogP contribution in [0.2, 0.25) is 0 Å². The van der Waals surface area contributed by atoms with E-state index in [0.717, 1.165) is 22.6 Å². The quantitative estimate of drug-likeness (QED) is 0.729. The number of pyridine rings is 2. The number of aromatic nitrogens is 4. The molecule has 3 aromatic rings. The molecule has 6 heteroatoms. The molecule has 0 bridgehead atoms. The Hall–Kier alpha value is -3.02. The molecular formula is C17H18N6. The van der Waals surface area contributed by atoms with Gasteiger partial charge in [-0.1, -0.05) is 6.07 Å². The van der Waals surface area contributed by atoms with E-state index in [-0.39, 0.29) is 0 Å². The molecule has 0 amide bonds. The van der Waals surface area contributed by atoms with E-state index in [1.54, 1.807) is 18.6 Å². The lowest BCUT2D eigenvalue weighted by Crippen LogP contribution is -2.08. The SMILES string of the molecule is Cc1cc(NCc2cccnc2)nc(NCc2ccncc2)n1. The van der Waals surface area contributed by atoms with Gasteiger partial charge in [-0.15, -0.1) is 0 Å². The number of rotatable bonds is 6. The lowest BCUT2D eigenvalue weighted by atomic mass is 10.3. The molecule has 116 valence electrons. The molecular weight excluding hydrogens is 288 g/mol. The third-order valence-electron chi connectivity index (χ3n) is 3.25. The Kier molecular flexibility index (Phi) is 4.73. The first-order valence-corrected chi connectivity index (χ1v) is 7.41. The van der Waals surface area contributed by atoms with Crippen molar-refractivity contribution < 1.29 is 0 Å². The Morgan fingerprint density at radius 3 is 2.48 bits per heavy atom. The molecule has 3 aromatic heterocycles. The molecule has 0 aliphatic rings. The minimum Gasteiger partial charge on any atom is -0.366 e. The van der Waals surface area contributed by atoms with Gasteiger partial charge in [-0.25, -0.2) is 4.98 Å². The predicted octanol–water partition coefficient (Wildman–Crippen LogP) is 2.80. The summed E-state index contributed by atoms with van der Waals surface area (Å²) in [6.07, 6.45) is 7.15. The van der Waals surface area contributed by atoms with Gasteiger partial charge in [0.05, 0.1) is 0 Å². The molecule has 0 saturated carbocycles. The van der Waals surface area contributed by atoms with Gasteiger partial charge in [-0.3, -0.25) is 9.97 Å². The molecule has 0 aliphatic heterocycles. The second-order valence-electron chi connectivity index (χ2n) is 5.14. The summed E-state index contributed by atoms with van der Waals surface area (Å²) in [6.45, 7) is 3.29. The zero-order chi connectivity index (χ0) is 15.9. The van der Waals surface area contributed by atoms with E-state index in [2.05, 4.69) is 30.6 Å². The van der Waals surface area contributed by atoms with Crippen molar-refractivity contribution in [1.82, 2.24) is 19.9 Å². The molecule has 0 radical (unpaired) electrons. The fourth-order valence-corrected chi connectivity index (χ4v) is 2.12. The Morgan fingerprint density at radius 1 is 0.870 bits per heavy atom. The highest BCUT2D eigenvalue weighted by molar-refractivity contribution is 5.42. The second kappa shape index (κ2) is 7.31. The molecule has 0 unspecified atom stereocenters. The standard InChI is InChI=1S/C17H18N6/c1-13-9-16(20-12-15-3-2-6-19-10-15)23-17(22-13)21-11-14-4-7-18-8-5-14/h2-10H,11-12H2,1H3,(H2,20,21,22,23). The fourth-order valence-electron chi connectivity index (χ4n) is 2.12. The van der Waals surface area contributed by atoms with E-state index in [1.165, 1.54) is 0 Å². The number of hydrogen-bond acceptors (Lipinski definition) is 6. The first kappa shape index (κ1) is 14.9. The van der Waals surface area contributed by atoms with Gasteiger partial charge in [0.15, 0.2) is 0 Å². The highest BCUT2D eigenvalue weighted by Crippen LogP contribution is 2.12. The van der Waals surface area contributed by atoms with Crippen LogP contribution < -0.4 is 10.6 Å². The van der Waals surface area contributed by atoms with Gasteiger partial charge in [0.1, 0.15) is 5.82 Å². The van der Waals surface area contributed by atoms with Crippen LogP contribution in [0.4, 0.5) is 11.8 Å². The van der Waals surface area contributed by atoms with Crippen molar-refractivity contribution in [3.05, 3.63) is 71.9 Å². The van der Waals surface area contributed by atoms with Crippen molar-refractivity contribution in [3.8, 4) is 0 Å². The topological polar surface area (TPSA) is 75.6 Å². The average Bonchev–Trinajstić information content (AvgIpc) is 2.60. The van der Waals surface area contributed by atoms with Crippen molar-refractivity contribution in [3.63, 3.8) is 0 Å². The van der Waals surface area contributed by atoms with Crippen LogP contribution in [0.3, 0.4) is 0 Å². The van der Waals surface area contributed by atoms with E-state index in [0.29, 0.717) is 19.0 Å². The van der Waals surface area contributed by atoms with Crippen LogP contribution >= 0.6 is 0 Å². The van der Waals surface area contributed by atoms with Gasteiger partial charge in [0.2, 0.25) is 5.95 Å². The highest BCUT2D eigenvalue weighted by atomic mass is 15.1. The van der Waals surface area contributed by atoms with Gasteiger partial charge >= 0.3 is 0 Å². The molecule has 6 nitrogen and oxygen atoms in total. The van der Waals surface area contributed by atoms with Crippen LogP contribution in [0.5, 0.6) is 0 Å². The lowest BCUT2D eigenvalue weighted by molar-refractivity contribution is 1.01. The number of aryl methyl sites for hydroxylation is 1. The molecule has 0 atom stereocenters. The minimum absolute atomic E-state index is 0.607. The molecule has 0 saturated heterocycles. The Labute approximate surface area is 135 Å². The summed E-state index contributed by atoms with van der Waals surface area (Å²) in [5.74, 6) is 1.40. The molecule has 23 heavy (non-hydrogen) atoms. The van der Waals surface area contributed by atoms with E-state index in [4.69, 9.17) is 0 Å². The van der Waals surface area contributed by atoms with Crippen LogP contribution in [0.1, 0.15) is 16.8 Å². The highest BCUT2D eigenvalue weighted by Gasteiger charge is 2.02. The molecule has 3 rings (SSSR count). The predicted molar refractivity (Wildman–Crippen MR) is 89.9 cm³/mol. The molecule has 0 aromatic carbocycles. The van der Waals surface area contributed by atoms with Crippen LogP contribution in [0.15, 0.2) is 55.1 Å². The summed E-state index contributed by atoms with van der Waals surface area (Å²) < 4.78 is 0. The summed E-state index contributed by atoms with van der Waals surface area (Å²) in [6, 6.07) is 9.79. The summed E-state index contributed by atoms with van der Waals surface area (Å²) in [5, 5.41) is 6.54. The van der Waals surface area contributed by atoms with Crippen molar-refractivity contribution >= 4 is 11.8 Å². The van der Waals surface area contributed by atoms with E-state index in [9.17, 15) is 0 Å². The van der Waals surface area contributed by atoms with Gasteiger partial charge in [-0.05, 0) is 36.2 Å². The summed E-state index contributed by atoms with van der Waals surface area (Å²) in [4.78, 5) is 17.0. The van der Waals surface area contributed by atoms with Gasteiger partial charge in [-0.2, -0.15) is 4.98 Å². The Bertz CT molecular complexity index is 684. The van der Waals surface area contributed by atoms with Crippen LogP contribution in [0, 0.1) is 6.92 Å². The number of nitrogens with one attached hydrogen (secondary N) is 2. The van der Waals surface area contributed by atoms with Crippen LogP contribution in [-0.4, -0.2) is 19.9 Å². The summed E-state index contributed by atoms with van der Waals surface area (Å²) in [7, 11) is 0. The molecule has 3 heterocycles. The van der Waals surface area contributed by atoms with Crippen molar-refractivity contribution in [2.75, 3.05) is 10.6 Å². The van der Waals surface area contributed by atoms with Crippen molar-refractivity contribution in [2.45, 2.75) is 20.0 Å². The lowest BCUT2D eigenvalue weighted by Gasteiger charge is -2.10. The van der Waals surface area contributed by atoms with Gasteiger partial charge in [0, 0.05) is 49.6 Å². The monoisotopic (exact) mass is 306 g/mol. The Morgan fingerprint density at radius 2 is 1.70 bits per heavy atom. The largest absolute Gasteiger partial charge is 0.366 e. The maximum absolute atomic E-state index is 4.49. The first-order chi connectivity index (χ1) is 11.3. The van der Waals surface area contributed by atoms with Crippen LogP contribution in [0.25, 0.3) is 0 Å². The maximum Gasteiger partial charge on any atom is 0.225 e. The van der Waals surface area contributed by atoms with E-state index in [1.807, 2.05) is 43.5 Å². The van der Waals surface area contributed by atoms with Crippen molar-refractivity contribution in [1.29, 1.82) is 0 Å². The zero-order valence-corrected chi connectivity index (χ0v) is 12.9. The third-order valence-corrected chi connectivity index (χ3v) is 3.25. The number of hydrogen-bond donors (Lipinski definition) is 2. The summed E-state index contributed by atoms with van der Waals surface area (Å²) in [5.41, 5.74) is 3.15. The third kappa shape index (κ3) is 4.47. The normalized spacial score (nSPS) is 10.3. The first-order valence-electron chi connectivity index (χ1n) is 7.41. The minimum atomic E-state index is 0.607. The van der Waals surface area contributed by atoms with Gasteiger partial charge in [0.25, 0.3) is 0 Å². The zero-order valence-electron chi connectivity index (χ0n) is 12.9. The van der Waals surface area contributed by atoms with Crippen molar-refractivity contribution in [2.24, 2.45) is 0 Å². The van der Waals surface area contributed by atoms with E-state index >= 15 is 0 Å². The Balaban J connectivity index is 1.64. The molecule has 0 aliphatic carbocycles. The fraction of sp³-hybridized carbons (Fsp3) is 0.176. The molecule has 0 fully saturated rings. The number of anilines is 2. The smallest absolute Gasteiger partial charge is 0.225 e. The van der Waals surface area contributed by atoms with E-state index < -0.39 is 0 Å². The molecule has 0 spiro atoms. The molecule has 2 N–H and O–H groups in total. The number of nitrogens with zero attached hydrogens (tertiary/aromatic N) is 4. The summed E-state index contributed by atoms with van der Waals surface area (Å²) >= 11 is 0. The van der Waals surface area contributed by atoms with Crippen LogP contribution in [-0.2, 0) is 13.1 Å². The average molecular weight is 306 g/mol. The van der Waals surface area contributed by atoms with Gasteiger partial charge < -0.3 is 10.6 Å².